The Bertz CT molecular complexity index is 305. The summed E-state index contributed by atoms with van der Waals surface area (Å²) in [4.78, 5) is 0. The van der Waals surface area contributed by atoms with E-state index in [4.69, 9.17) is 0 Å². The smallest absolute Gasteiger partial charge is 0.214 e. The molecule has 0 bridgehead atoms. The summed E-state index contributed by atoms with van der Waals surface area (Å²) in [5.41, 5.74) is 0. The Labute approximate surface area is 117 Å². The fourth-order valence-corrected chi connectivity index (χ4v) is 3.84. The topological polar surface area (TPSA) is 49.4 Å². The molecule has 0 aliphatic carbocycles. The average Bonchev–Trinajstić information content (AvgIpc) is 2.27. The largest absolute Gasteiger partial charge is 0.315 e. The highest BCUT2D eigenvalue weighted by Gasteiger charge is 2.22. The number of rotatable bonds is 10. The van der Waals surface area contributed by atoms with Crippen molar-refractivity contribution < 1.29 is 8.42 Å². The van der Waals surface area contributed by atoms with Gasteiger partial charge in [-0.05, 0) is 32.6 Å². The lowest BCUT2D eigenvalue weighted by Gasteiger charge is -2.23. The summed E-state index contributed by atoms with van der Waals surface area (Å²) < 4.78 is 25.6. The minimum Gasteiger partial charge on any atom is -0.315 e. The van der Waals surface area contributed by atoms with E-state index in [1.807, 2.05) is 13.2 Å². The molecule has 4 nitrogen and oxygen atoms in total. The van der Waals surface area contributed by atoms with E-state index in [0.717, 1.165) is 25.1 Å². The van der Waals surface area contributed by atoms with E-state index in [9.17, 15) is 8.42 Å². The number of nitrogens with one attached hydrogen (secondary N) is 1. The van der Waals surface area contributed by atoms with Crippen molar-refractivity contribution in [2.75, 3.05) is 31.4 Å². The molecular weight excluding hydrogens is 268 g/mol. The van der Waals surface area contributed by atoms with Crippen LogP contribution in [0.5, 0.6) is 0 Å². The van der Waals surface area contributed by atoms with Gasteiger partial charge in [0.05, 0.1) is 5.75 Å². The highest BCUT2D eigenvalue weighted by Crippen LogP contribution is 2.10. The van der Waals surface area contributed by atoms with Crippen LogP contribution < -0.4 is 5.32 Å². The molecule has 6 heteroatoms. The molecular formula is C12H28N2O2S2. The van der Waals surface area contributed by atoms with Gasteiger partial charge in [-0.15, -0.1) is 0 Å². The van der Waals surface area contributed by atoms with Crippen LogP contribution in [0.15, 0.2) is 0 Å². The second-order valence-corrected chi connectivity index (χ2v) is 8.01. The van der Waals surface area contributed by atoms with Crippen LogP contribution in [0, 0.1) is 0 Å². The predicted octanol–water partition coefficient (Wildman–Crippen LogP) is 1.78. The summed E-state index contributed by atoms with van der Waals surface area (Å²) in [7, 11) is -1.41. The summed E-state index contributed by atoms with van der Waals surface area (Å²) >= 11 is 1.67. The quantitative estimate of drug-likeness (QED) is 0.624. The van der Waals surface area contributed by atoms with Gasteiger partial charge in [-0.2, -0.15) is 11.8 Å². The molecule has 0 aromatic heterocycles. The molecule has 0 radical (unpaired) electrons. The van der Waals surface area contributed by atoms with Gasteiger partial charge >= 0.3 is 0 Å². The first-order valence-corrected chi connectivity index (χ1v) is 9.49. The van der Waals surface area contributed by atoms with Crippen molar-refractivity contribution in [1.29, 1.82) is 0 Å². The van der Waals surface area contributed by atoms with Crippen molar-refractivity contribution in [2.24, 2.45) is 0 Å². The fourth-order valence-electron chi connectivity index (χ4n) is 1.56. The highest BCUT2D eigenvalue weighted by molar-refractivity contribution is 7.98. The number of hydrogen-bond donors (Lipinski definition) is 1. The molecule has 1 N–H and O–H groups in total. The molecule has 0 aliphatic heterocycles. The Hall–Kier alpha value is 0.220. The number of hydrogen-bond acceptors (Lipinski definition) is 4. The lowest BCUT2D eigenvalue weighted by atomic mass is 10.3. The van der Waals surface area contributed by atoms with E-state index >= 15 is 0 Å². The summed E-state index contributed by atoms with van der Waals surface area (Å²) in [5.74, 6) is 1.09. The van der Waals surface area contributed by atoms with Gasteiger partial charge in [0.15, 0.2) is 0 Å². The molecule has 0 spiro atoms. The summed E-state index contributed by atoms with van der Waals surface area (Å²) in [6.45, 7) is 7.02. The first-order chi connectivity index (χ1) is 8.31. The third-order valence-corrected chi connectivity index (χ3v) is 5.71. The van der Waals surface area contributed by atoms with Crippen LogP contribution in [0.4, 0.5) is 0 Å². The third kappa shape index (κ3) is 7.61. The molecule has 0 rings (SSSR count). The zero-order chi connectivity index (χ0) is 14.2. The highest BCUT2D eigenvalue weighted by atomic mass is 32.2. The number of sulfonamides is 1. The van der Waals surface area contributed by atoms with Crippen LogP contribution in [0.3, 0.4) is 0 Å². The van der Waals surface area contributed by atoms with Gasteiger partial charge in [-0.3, -0.25) is 0 Å². The Morgan fingerprint density at radius 3 is 2.33 bits per heavy atom. The van der Waals surface area contributed by atoms with Crippen LogP contribution >= 0.6 is 11.8 Å². The third-order valence-electron chi connectivity index (χ3n) is 2.85. The molecule has 0 saturated heterocycles. The Balaban J connectivity index is 3.99. The molecule has 18 heavy (non-hydrogen) atoms. The Kier molecular flexibility index (Phi) is 9.29. The molecule has 1 atom stereocenters. The Morgan fingerprint density at radius 1 is 1.22 bits per heavy atom. The van der Waals surface area contributed by atoms with Gasteiger partial charge in [-0.25, -0.2) is 12.7 Å². The minimum atomic E-state index is -3.09. The first kappa shape index (κ1) is 18.2. The van der Waals surface area contributed by atoms with E-state index in [2.05, 4.69) is 19.2 Å². The molecule has 0 amide bonds. The summed E-state index contributed by atoms with van der Waals surface area (Å²) in [5, 5.41) is 3.29. The molecule has 0 heterocycles. The van der Waals surface area contributed by atoms with Gasteiger partial charge in [0.1, 0.15) is 0 Å². The molecule has 0 aliphatic rings. The van der Waals surface area contributed by atoms with Crippen molar-refractivity contribution in [2.45, 2.75) is 45.7 Å². The maximum absolute atomic E-state index is 12.0. The molecule has 0 aromatic rings. The van der Waals surface area contributed by atoms with E-state index in [1.54, 1.807) is 18.8 Å². The van der Waals surface area contributed by atoms with Gasteiger partial charge < -0.3 is 5.32 Å². The zero-order valence-electron chi connectivity index (χ0n) is 12.3. The van der Waals surface area contributed by atoms with Gasteiger partial charge in [0.25, 0.3) is 0 Å². The number of thioether (sulfide) groups is 1. The SMILES string of the molecule is CSCC(C)N(C)S(=O)(=O)CCCCNC(C)C. The van der Waals surface area contributed by atoms with Crippen LogP contribution in [-0.4, -0.2) is 56.2 Å². The summed E-state index contributed by atoms with van der Waals surface area (Å²) in [6.07, 6.45) is 3.62. The van der Waals surface area contributed by atoms with Gasteiger partial charge in [0.2, 0.25) is 10.0 Å². The van der Waals surface area contributed by atoms with Crippen LogP contribution in [-0.2, 0) is 10.0 Å². The maximum Gasteiger partial charge on any atom is 0.214 e. The van der Waals surface area contributed by atoms with Crippen molar-refractivity contribution in [3.63, 3.8) is 0 Å². The number of nitrogens with zero attached hydrogens (tertiary/aromatic N) is 1. The van der Waals surface area contributed by atoms with Crippen molar-refractivity contribution in [1.82, 2.24) is 9.62 Å². The van der Waals surface area contributed by atoms with Crippen molar-refractivity contribution in [3.8, 4) is 0 Å². The van der Waals surface area contributed by atoms with Gasteiger partial charge in [-0.1, -0.05) is 13.8 Å². The predicted molar refractivity (Wildman–Crippen MR) is 81.8 cm³/mol. The maximum atomic E-state index is 12.0. The monoisotopic (exact) mass is 296 g/mol. The molecule has 0 saturated carbocycles. The molecule has 0 fully saturated rings. The van der Waals surface area contributed by atoms with Crippen LogP contribution in [0.2, 0.25) is 0 Å². The second-order valence-electron chi connectivity index (χ2n) is 4.95. The lowest BCUT2D eigenvalue weighted by Crippen LogP contribution is -2.38. The zero-order valence-corrected chi connectivity index (χ0v) is 13.9. The molecule has 110 valence electrons. The van der Waals surface area contributed by atoms with E-state index < -0.39 is 10.0 Å². The minimum absolute atomic E-state index is 0.0683. The molecule has 1 unspecified atom stereocenters. The normalized spacial score (nSPS) is 14.4. The standard InChI is InChI=1S/C12H28N2O2S2/c1-11(2)13-8-6-7-9-18(15,16)14(4)12(3)10-17-5/h11-13H,6-10H2,1-5H3. The lowest BCUT2D eigenvalue weighted by molar-refractivity contribution is 0.413. The van der Waals surface area contributed by atoms with Crippen molar-refractivity contribution >= 4 is 21.8 Å². The van der Waals surface area contributed by atoms with Crippen molar-refractivity contribution in [3.05, 3.63) is 0 Å². The number of unbranched alkanes of at least 4 members (excludes halogenated alkanes) is 1. The summed E-state index contributed by atoms with van der Waals surface area (Å²) in [6, 6.07) is 0.532. The second kappa shape index (κ2) is 9.18. The van der Waals surface area contributed by atoms with E-state index in [1.165, 1.54) is 4.31 Å². The molecule has 0 aromatic carbocycles. The van der Waals surface area contributed by atoms with E-state index in [-0.39, 0.29) is 11.8 Å². The van der Waals surface area contributed by atoms with E-state index in [0.29, 0.717) is 6.04 Å². The average molecular weight is 297 g/mol. The fraction of sp³-hybridized carbons (Fsp3) is 1.00. The van der Waals surface area contributed by atoms with Crippen LogP contribution in [0.25, 0.3) is 0 Å². The first-order valence-electron chi connectivity index (χ1n) is 6.49. The van der Waals surface area contributed by atoms with Crippen LogP contribution in [0.1, 0.15) is 33.6 Å². The van der Waals surface area contributed by atoms with Gasteiger partial charge in [0, 0.05) is 24.9 Å². The Morgan fingerprint density at radius 2 is 1.83 bits per heavy atom.